The number of hydrogen-bond donors (Lipinski definition) is 0. The van der Waals surface area contributed by atoms with Crippen molar-refractivity contribution in [2.24, 2.45) is 0 Å². The quantitative estimate of drug-likeness (QED) is 0.626. The summed E-state index contributed by atoms with van der Waals surface area (Å²) in [4.78, 5) is 14.8. The van der Waals surface area contributed by atoms with E-state index in [4.69, 9.17) is 0 Å². The number of ether oxygens (including phenoxy) is 3. The van der Waals surface area contributed by atoms with Crippen LogP contribution in [0.1, 0.15) is 22.8 Å². The first-order chi connectivity index (χ1) is 10.0. The van der Waals surface area contributed by atoms with Gasteiger partial charge < -0.3 is 14.2 Å². The van der Waals surface area contributed by atoms with Crippen LogP contribution >= 0.6 is 0 Å². The van der Waals surface area contributed by atoms with Crippen molar-refractivity contribution in [1.82, 2.24) is 4.98 Å². The topological polar surface area (TPSA) is 57.7 Å². The Balaban J connectivity index is 3.61. The summed E-state index contributed by atoms with van der Waals surface area (Å²) in [5.41, 5.74) is -3.27. The monoisotopic (exact) mass is 333 g/mol. The Hall–Kier alpha value is -2.20. The van der Waals surface area contributed by atoms with Gasteiger partial charge in [-0.2, -0.15) is 13.2 Å². The maximum Gasteiger partial charge on any atom is 0.573 e. The Morgan fingerprint density at radius 3 is 2.23 bits per heavy atom. The molecule has 0 radical (unpaired) electrons. The summed E-state index contributed by atoms with van der Waals surface area (Å²) in [5, 5.41) is 0. The number of hydrogen-bond acceptors (Lipinski definition) is 5. The van der Waals surface area contributed by atoms with E-state index in [0.29, 0.717) is 0 Å². The second-order valence-corrected chi connectivity index (χ2v) is 3.65. The van der Waals surface area contributed by atoms with Crippen LogP contribution < -0.4 is 9.47 Å². The highest BCUT2D eigenvalue weighted by atomic mass is 19.4. The molecule has 0 aliphatic heterocycles. The molecule has 0 aliphatic carbocycles. The van der Waals surface area contributed by atoms with Gasteiger partial charge in [-0.15, -0.1) is 13.2 Å². The predicted octanol–water partition coefficient (Wildman–Crippen LogP) is 3.18. The SMILES string of the molecule is CCOC(=O)c1c(OC)ncc(OC(F)(F)F)c1C(F)(F)F. The van der Waals surface area contributed by atoms with Crippen molar-refractivity contribution in [2.45, 2.75) is 19.5 Å². The standard InChI is InChI=1S/C11H9F6NO4/c1-3-21-9(19)6-7(10(12,13)14)5(22-11(15,16)17)4-18-8(6)20-2/h4H,3H2,1-2H3. The van der Waals surface area contributed by atoms with Gasteiger partial charge in [0, 0.05) is 0 Å². The average Bonchev–Trinajstić information content (AvgIpc) is 2.35. The summed E-state index contributed by atoms with van der Waals surface area (Å²) in [7, 11) is 0.898. The Labute approximate surface area is 119 Å². The highest BCUT2D eigenvalue weighted by Crippen LogP contribution is 2.43. The molecular formula is C11H9F6NO4. The van der Waals surface area contributed by atoms with Gasteiger partial charge in [0.2, 0.25) is 5.88 Å². The van der Waals surface area contributed by atoms with Crippen LogP contribution in [-0.4, -0.2) is 31.0 Å². The van der Waals surface area contributed by atoms with Crippen LogP contribution in [0.4, 0.5) is 26.3 Å². The minimum atomic E-state index is -5.40. The van der Waals surface area contributed by atoms with E-state index < -0.39 is 41.3 Å². The molecule has 0 saturated heterocycles. The summed E-state index contributed by atoms with van der Waals surface area (Å²) < 4.78 is 88.0. The van der Waals surface area contributed by atoms with Crippen molar-refractivity contribution in [3.63, 3.8) is 0 Å². The van der Waals surface area contributed by atoms with E-state index in [1.807, 2.05) is 0 Å². The van der Waals surface area contributed by atoms with Gasteiger partial charge in [0.1, 0.15) is 11.1 Å². The number of aromatic nitrogens is 1. The molecule has 0 amide bonds. The summed E-state index contributed by atoms with van der Waals surface area (Å²) in [6.45, 7) is 1.00. The van der Waals surface area contributed by atoms with Crippen molar-refractivity contribution in [2.75, 3.05) is 13.7 Å². The molecule has 0 saturated carbocycles. The molecule has 0 aliphatic rings. The van der Waals surface area contributed by atoms with Gasteiger partial charge in [-0.3, -0.25) is 0 Å². The molecular weight excluding hydrogens is 324 g/mol. The smallest absolute Gasteiger partial charge is 0.480 e. The van der Waals surface area contributed by atoms with Gasteiger partial charge in [-0.1, -0.05) is 0 Å². The molecule has 1 aromatic heterocycles. The van der Waals surface area contributed by atoms with Crippen molar-refractivity contribution >= 4 is 5.97 Å². The summed E-state index contributed by atoms with van der Waals surface area (Å²) in [5.74, 6) is -4.05. The lowest BCUT2D eigenvalue weighted by molar-refractivity contribution is -0.276. The molecule has 0 unspecified atom stereocenters. The first-order valence-corrected chi connectivity index (χ1v) is 5.58. The number of nitrogens with zero attached hydrogens (tertiary/aromatic N) is 1. The third-order valence-electron chi connectivity index (χ3n) is 2.19. The molecule has 1 heterocycles. The van der Waals surface area contributed by atoms with E-state index in [-0.39, 0.29) is 12.8 Å². The average molecular weight is 333 g/mol. The van der Waals surface area contributed by atoms with E-state index >= 15 is 0 Å². The zero-order valence-corrected chi connectivity index (χ0v) is 11.1. The lowest BCUT2D eigenvalue weighted by atomic mass is 10.1. The first-order valence-electron chi connectivity index (χ1n) is 5.58. The van der Waals surface area contributed by atoms with Crippen molar-refractivity contribution in [1.29, 1.82) is 0 Å². The van der Waals surface area contributed by atoms with E-state index in [2.05, 4.69) is 19.2 Å². The normalized spacial score (nSPS) is 12.0. The van der Waals surface area contributed by atoms with Gasteiger partial charge in [0.15, 0.2) is 5.75 Å². The van der Waals surface area contributed by atoms with E-state index in [1.54, 1.807) is 0 Å². The number of pyridine rings is 1. The fourth-order valence-electron chi connectivity index (χ4n) is 1.51. The largest absolute Gasteiger partial charge is 0.573 e. The molecule has 0 aromatic carbocycles. The molecule has 0 fully saturated rings. The minimum absolute atomic E-state index is 0.165. The third kappa shape index (κ3) is 4.15. The fraction of sp³-hybridized carbons (Fsp3) is 0.455. The van der Waals surface area contributed by atoms with Crippen molar-refractivity contribution < 1.29 is 45.3 Å². The highest BCUT2D eigenvalue weighted by Gasteiger charge is 2.45. The van der Waals surface area contributed by atoms with Gasteiger partial charge in [0.25, 0.3) is 0 Å². The Morgan fingerprint density at radius 2 is 1.82 bits per heavy atom. The lowest BCUT2D eigenvalue weighted by Crippen LogP contribution is -2.23. The molecule has 0 spiro atoms. The van der Waals surface area contributed by atoms with Gasteiger partial charge >= 0.3 is 18.5 Å². The zero-order valence-electron chi connectivity index (χ0n) is 11.1. The Bertz CT molecular complexity index is 555. The Morgan fingerprint density at radius 1 is 1.23 bits per heavy atom. The maximum atomic E-state index is 13.1. The number of carbonyl (C=O) groups excluding carboxylic acids is 1. The minimum Gasteiger partial charge on any atom is -0.480 e. The number of carbonyl (C=O) groups is 1. The predicted molar refractivity (Wildman–Crippen MR) is 58.4 cm³/mol. The van der Waals surface area contributed by atoms with E-state index in [9.17, 15) is 31.1 Å². The van der Waals surface area contributed by atoms with E-state index in [0.717, 1.165) is 7.11 Å². The maximum absolute atomic E-state index is 13.1. The molecule has 5 nitrogen and oxygen atoms in total. The van der Waals surface area contributed by atoms with Crippen LogP contribution in [0.25, 0.3) is 0 Å². The number of rotatable bonds is 4. The van der Waals surface area contributed by atoms with Gasteiger partial charge in [0.05, 0.1) is 19.9 Å². The number of halogens is 6. The molecule has 11 heteroatoms. The van der Waals surface area contributed by atoms with Crippen LogP contribution in [0.15, 0.2) is 6.20 Å². The second-order valence-electron chi connectivity index (χ2n) is 3.65. The first kappa shape index (κ1) is 17.9. The molecule has 1 rings (SSSR count). The second kappa shape index (κ2) is 6.28. The molecule has 0 bridgehead atoms. The van der Waals surface area contributed by atoms with Crippen LogP contribution in [0.5, 0.6) is 11.6 Å². The Kier molecular flexibility index (Phi) is 5.09. The zero-order chi connectivity index (χ0) is 17.1. The molecule has 1 aromatic rings. The summed E-state index contributed by atoms with van der Waals surface area (Å²) >= 11 is 0. The van der Waals surface area contributed by atoms with Crippen LogP contribution in [-0.2, 0) is 10.9 Å². The van der Waals surface area contributed by atoms with Crippen molar-refractivity contribution in [3.05, 3.63) is 17.3 Å². The highest BCUT2D eigenvalue weighted by molar-refractivity contribution is 5.94. The van der Waals surface area contributed by atoms with Gasteiger partial charge in [-0.25, -0.2) is 9.78 Å². The molecule has 124 valence electrons. The van der Waals surface area contributed by atoms with Crippen molar-refractivity contribution in [3.8, 4) is 11.6 Å². The van der Waals surface area contributed by atoms with Gasteiger partial charge in [-0.05, 0) is 6.92 Å². The lowest BCUT2D eigenvalue weighted by Gasteiger charge is -2.19. The van der Waals surface area contributed by atoms with E-state index in [1.165, 1.54) is 6.92 Å². The number of alkyl halides is 6. The number of esters is 1. The molecule has 22 heavy (non-hydrogen) atoms. The third-order valence-corrected chi connectivity index (χ3v) is 2.19. The summed E-state index contributed by atoms with van der Waals surface area (Å²) in [6, 6.07) is 0. The van der Waals surface area contributed by atoms with Crippen LogP contribution in [0, 0.1) is 0 Å². The summed E-state index contributed by atoms with van der Waals surface area (Å²) in [6.07, 6.45) is -10.6. The molecule has 0 atom stereocenters. The number of methoxy groups -OCH3 is 1. The molecule has 0 N–H and O–H groups in total. The van der Waals surface area contributed by atoms with Crippen LogP contribution in [0.2, 0.25) is 0 Å². The van der Waals surface area contributed by atoms with Crippen LogP contribution in [0.3, 0.4) is 0 Å². The fourth-order valence-corrected chi connectivity index (χ4v) is 1.51.